The summed E-state index contributed by atoms with van der Waals surface area (Å²) in [5.41, 5.74) is 0.596. The van der Waals surface area contributed by atoms with E-state index in [4.69, 9.17) is 4.42 Å². The molecule has 1 heterocycles. The standard InChI is InChI=1S/C13H15FN2O3S/c1-16(2)20(17,18)13-7-6-12(19-13)9-15-11-5-3-4-10(14)8-11/h3-8,15H,9H2,1-2H3. The Labute approximate surface area is 117 Å². The fraction of sp³-hybridized carbons (Fsp3) is 0.231. The maximum atomic E-state index is 13.0. The lowest BCUT2D eigenvalue weighted by Gasteiger charge is -2.08. The van der Waals surface area contributed by atoms with Crippen LogP contribution in [0.2, 0.25) is 0 Å². The molecule has 0 amide bonds. The first kappa shape index (κ1) is 14.5. The fourth-order valence-electron chi connectivity index (χ4n) is 1.56. The second-order valence-corrected chi connectivity index (χ2v) is 6.45. The molecule has 0 radical (unpaired) electrons. The molecule has 1 aromatic carbocycles. The van der Waals surface area contributed by atoms with E-state index in [9.17, 15) is 12.8 Å². The molecule has 0 bridgehead atoms. The number of benzene rings is 1. The maximum Gasteiger partial charge on any atom is 0.275 e. The topological polar surface area (TPSA) is 62.6 Å². The highest BCUT2D eigenvalue weighted by Crippen LogP contribution is 2.18. The Hall–Kier alpha value is -1.86. The van der Waals surface area contributed by atoms with Crippen LogP contribution in [0.25, 0.3) is 0 Å². The third kappa shape index (κ3) is 3.17. The molecule has 1 N–H and O–H groups in total. The molecule has 7 heteroatoms. The van der Waals surface area contributed by atoms with Crippen LogP contribution in [0.15, 0.2) is 45.9 Å². The molecule has 0 spiro atoms. The van der Waals surface area contributed by atoms with Crippen LogP contribution in [0.5, 0.6) is 0 Å². The van der Waals surface area contributed by atoms with Gasteiger partial charge >= 0.3 is 0 Å². The number of hydrogen-bond donors (Lipinski definition) is 1. The van der Waals surface area contributed by atoms with Gasteiger partial charge in [0.2, 0.25) is 5.09 Å². The molecule has 0 atom stereocenters. The molecule has 5 nitrogen and oxygen atoms in total. The third-order valence-electron chi connectivity index (χ3n) is 2.66. The van der Waals surface area contributed by atoms with Crippen LogP contribution in [0.4, 0.5) is 10.1 Å². The quantitative estimate of drug-likeness (QED) is 0.920. The molecule has 2 aromatic rings. The summed E-state index contributed by atoms with van der Waals surface area (Å²) >= 11 is 0. The SMILES string of the molecule is CN(C)S(=O)(=O)c1ccc(CNc2cccc(F)c2)o1. The van der Waals surface area contributed by atoms with Crippen molar-refractivity contribution in [3.8, 4) is 0 Å². The largest absolute Gasteiger partial charge is 0.446 e. The van der Waals surface area contributed by atoms with Gasteiger partial charge in [-0.1, -0.05) is 6.07 Å². The van der Waals surface area contributed by atoms with Crippen molar-refractivity contribution in [3.05, 3.63) is 48.0 Å². The van der Waals surface area contributed by atoms with E-state index in [1.807, 2.05) is 0 Å². The highest BCUT2D eigenvalue weighted by Gasteiger charge is 2.21. The molecule has 0 saturated heterocycles. The van der Waals surface area contributed by atoms with Gasteiger partial charge in [0, 0.05) is 19.8 Å². The summed E-state index contributed by atoms with van der Waals surface area (Å²) in [5.74, 6) is 0.111. The minimum atomic E-state index is -3.57. The summed E-state index contributed by atoms with van der Waals surface area (Å²) < 4.78 is 43.0. The summed E-state index contributed by atoms with van der Waals surface area (Å²) in [4.78, 5) is 0. The summed E-state index contributed by atoms with van der Waals surface area (Å²) in [5, 5.41) is 2.84. The molecule has 0 aliphatic heterocycles. The number of furan rings is 1. The van der Waals surface area contributed by atoms with Crippen molar-refractivity contribution in [1.82, 2.24) is 4.31 Å². The molecule has 0 fully saturated rings. The van der Waals surface area contributed by atoms with Crippen LogP contribution in [0, 0.1) is 5.82 Å². The molecular weight excluding hydrogens is 283 g/mol. The van der Waals surface area contributed by atoms with Crippen LogP contribution in [-0.4, -0.2) is 26.8 Å². The first-order valence-electron chi connectivity index (χ1n) is 5.90. The predicted molar refractivity (Wildman–Crippen MR) is 73.3 cm³/mol. The maximum absolute atomic E-state index is 13.0. The molecule has 0 aliphatic rings. The summed E-state index contributed by atoms with van der Waals surface area (Å²) in [6, 6.07) is 8.96. The highest BCUT2D eigenvalue weighted by atomic mass is 32.2. The molecule has 0 saturated carbocycles. The Bertz CT molecular complexity index is 695. The van der Waals surface area contributed by atoms with Gasteiger partial charge in [-0.05, 0) is 30.3 Å². The van der Waals surface area contributed by atoms with Crippen molar-refractivity contribution in [1.29, 1.82) is 0 Å². The summed E-state index contributed by atoms with van der Waals surface area (Å²) in [6.45, 7) is 0.270. The molecule has 1 aromatic heterocycles. The average molecular weight is 298 g/mol. The second kappa shape index (κ2) is 5.64. The van der Waals surface area contributed by atoms with Crippen molar-refractivity contribution < 1.29 is 17.2 Å². The molecule has 0 unspecified atom stereocenters. The van der Waals surface area contributed by atoms with Crippen LogP contribution in [-0.2, 0) is 16.6 Å². The van der Waals surface area contributed by atoms with Gasteiger partial charge in [0.15, 0.2) is 0 Å². The number of nitrogens with zero attached hydrogens (tertiary/aromatic N) is 1. The summed E-state index contributed by atoms with van der Waals surface area (Å²) in [7, 11) is -0.701. The van der Waals surface area contributed by atoms with Crippen molar-refractivity contribution in [2.24, 2.45) is 0 Å². The highest BCUT2D eigenvalue weighted by molar-refractivity contribution is 7.88. The molecular formula is C13H15FN2O3S. The van der Waals surface area contributed by atoms with E-state index in [2.05, 4.69) is 5.32 Å². The molecule has 20 heavy (non-hydrogen) atoms. The molecule has 0 aliphatic carbocycles. The lowest BCUT2D eigenvalue weighted by atomic mass is 10.3. The minimum Gasteiger partial charge on any atom is -0.446 e. The van der Waals surface area contributed by atoms with Gasteiger partial charge in [-0.15, -0.1) is 0 Å². The van der Waals surface area contributed by atoms with Gasteiger partial charge < -0.3 is 9.73 Å². The van der Waals surface area contributed by atoms with Gasteiger partial charge in [0.25, 0.3) is 10.0 Å². The average Bonchev–Trinajstić information content (AvgIpc) is 2.85. The van der Waals surface area contributed by atoms with Crippen molar-refractivity contribution in [2.45, 2.75) is 11.6 Å². The van der Waals surface area contributed by atoms with E-state index >= 15 is 0 Å². The number of anilines is 1. The van der Waals surface area contributed by atoms with E-state index in [0.29, 0.717) is 11.4 Å². The number of hydrogen-bond acceptors (Lipinski definition) is 4. The number of halogens is 1. The van der Waals surface area contributed by atoms with Gasteiger partial charge in [-0.25, -0.2) is 17.1 Å². The first-order chi connectivity index (χ1) is 9.39. The van der Waals surface area contributed by atoms with E-state index < -0.39 is 10.0 Å². The zero-order valence-corrected chi connectivity index (χ0v) is 11.9. The molecule has 2 rings (SSSR count). The van der Waals surface area contributed by atoms with Crippen LogP contribution < -0.4 is 5.32 Å². The third-order valence-corrected chi connectivity index (χ3v) is 4.35. The Kier molecular flexibility index (Phi) is 4.10. The van der Waals surface area contributed by atoms with Crippen LogP contribution in [0.1, 0.15) is 5.76 Å². The molecule has 108 valence electrons. The lowest BCUT2D eigenvalue weighted by Crippen LogP contribution is -2.21. The van der Waals surface area contributed by atoms with E-state index in [-0.39, 0.29) is 17.5 Å². The zero-order chi connectivity index (χ0) is 14.8. The van der Waals surface area contributed by atoms with Gasteiger partial charge in [0.05, 0.1) is 6.54 Å². The normalized spacial score (nSPS) is 11.8. The first-order valence-corrected chi connectivity index (χ1v) is 7.34. The number of sulfonamides is 1. The van der Waals surface area contributed by atoms with E-state index in [0.717, 1.165) is 4.31 Å². The number of nitrogens with one attached hydrogen (secondary N) is 1. The Balaban J connectivity index is 2.07. The van der Waals surface area contributed by atoms with E-state index in [1.54, 1.807) is 18.2 Å². The van der Waals surface area contributed by atoms with E-state index in [1.165, 1.54) is 32.3 Å². The van der Waals surface area contributed by atoms with Gasteiger partial charge in [-0.3, -0.25) is 0 Å². The van der Waals surface area contributed by atoms with Crippen molar-refractivity contribution in [3.63, 3.8) is 0 Å². The fourth-order valence-corrected chi connectivity index (χ4v) is 2.37. The van der Waals surface area contributed by atoms with Crippen LogP contribution >= 0.6 is 0 Å². The monoisotopic (exact) mass is 298 g/mol. The van der Waals surface area contributed by atoms with Crippen molar-refractivity contribution in [2.75, 3.05) is 19.4 Å². The minimum absolute atomic E-state index is 0.112. The zero-order valence-electron chi connectivity index (χ0n) is 11.1. The summed E-state index contributed by atoms with van der Waals surface area (Å²) in [6.07, 6.45) is 0. The Morgan fingerprint density at radius 2 is 2.00 bits per heavy atom. The Morgan fingerprint density at radius 1 is 1.25 bits per heavy atom. The van der Waals surface area contributed by atoms with Gasteiger partial charge in [-0.2, -0.15) is 0 Å². The Morgan fingerprint density at radius 3 is 2.65 bits per heavy atom. The smallest absolute Gasteiger partial charge is 0.275 e. The predicted octanol–water partition coefficient (Wildman–Crippen LogP) is 2.28. The van der Waals surface area contributed by atoms with Crippen molar-refractivity contribution >= 4 is 15.7 Å². The second-order valence-electron chi connectivity index (χ2n) is 4.37. The van der Waals surface area contributed by atoms with Gasteiger partial charge in [0.1, 0.15) is 11.6 Å². The lowest BCUT2D eigenvalue weighted by molar-refractivity contribution is 0.402. The number of rotatable bonds is 5. The van der Waals surface area contributed by atoms with Crippen LogP contribution in [0.3, 0.4) is 0 Å².